The maximum absolute atomic E-state index is 11.4. The van der Waals surface area contributed by atoms with Crippen molar-refractivity contribution in [1.29, 1.82) is 0 Å². The van der Waals surface area contributed by atoms with Gasteiger partial charge in [0.2, 0.25) is 5.91 Å². The third-order valence-corrected chi connectivity index (χ3v) is 1.77. The van der Waals surface area contributed by atoms with Crippen LogP contribution in [0.2, 0.25) is 0 Å². The van der Waals surface area contributed by atoms with E-state index in [-0.39, 0.29) is 37.6 Å². The summed E-state index contributed by atoms with van der Waals surface area (Å²) in [7, 11) is 1.73. The highest BCUT2D eigenvalue weighted by Crippen LogP contribution is 2.00. The molecule has 0 aromatic heterocycles. The highest BCUT2D eigenvalue weighted by Gasteiger charge is 2.19. The van der Waals surface area contributed by atoms with Gasteiger partial charge in [-0.1, -0.05) is 35.1 Å². The lowest BCUT2D eigenvalue weighted by Crippen LogP contribution is -2.46. The average molecular weight is 232 g/mol. The van der Waals surface area contributed by atoms with Crippen LogP contribution >= 0.6 is 0 Å². The number of nitrogens with one attached hydrogen (secondary N) is 2. The molecule has 4 nitrogen and oxygen atoms in total. The van der Waals surface area contributed by atoms with Crippen LogP contribution in [0.1, 0.15) is 42.0 Å². The molecule has 2 N–H and O–H groups in total. The fourth-order valence-corrected chi connectivity index (χ4v) is 1.09. The molecule has 0 aliphatic heterocycles. The van der Waals surface area contributed by atoms with E-state index in [4.69, 9.17) is 0 Å². The molecule has 1 atom stereocenters. The van der Waals surface area contributed by atoms with E-state index in [1.165, 1.54) is 6.92 Å². The first-order chi connectivity index (χ1) is 6.99. The molecule has 0 radical (unpaired) electrons. The summed E-state index contributed by atoms with van der Waals surface area (Å²) in [5, 5.41) is 5.47. The second-order valence-corrected chi connectivity index (χ2v) is 3.43. The minimum absolute atomic E-state index is 0. The number of carbonyl (C=O) groups is 2. The zero-order valence-electron chi connectivity index (χ0n) is 10.7. The molecular weight excluding hydrogens is 204 g/mol. The lowest BCUT2D eigenvalue weighted by Gasteiger charge is -2.18. The van der Waals surface area contributed by atoms with E-state index in [0.29, 0.717) is 0 Å². The van der Waals surface area contributed by atoms with Gasteiger partial charge < -0.3 is 10.6 Å². The standard InChI is InChI=1S/C9H18N2O2.C2H6.CH4/c1-6(2)8(10-4)9(13)11-5-7(3)12;1-2;/h6,8,10H,5H2,1-4H3,(H,11,13);1-2H3;1H4. The average Bonchev–Trinajstić information content (AvgIpc) is 2.18. The Hall–Kier alpha value is -0.900. The summed E-state index contributed by atoms with van der Waals surface area (Å²) >= 11 is 0. The fourth-order valence-electron chi connectivity index (χ4n) is 1.09. The number of amides is 1. The van der Waals surface area contributed by atoms with Crippen molar-refractivity contribution < 1.29 is 9.59 Å². The van der Waals surface area contributed by atoms with Gasteiger partial charge in [0.1, 0.15) is 5.78 Å². The zero-order chi connectivity index (χ0) is 12.4. The predicted molar refractivity (Wildman–Crippen MR) is 69.5 cm³/mol. The number of carbonyl (C=O) groups excluding carboxylic acids is 2. The van der Waals surface area contributed by atoms with E-state index < -0.39 is 0 Å². The van der Waals surface area contributed by atoms with Crippen molar-refractivity contribution >= 4 is 11.7 Å². The molecule has 0 aromatic carbocycles. The van der Waals surface area contributed by atoms with Gasteiger partial charge in [0, 0.05) is 0 Å². The summed E-state index contributed by atoms with van der Waals surface area (Å²) in [6.45, 7) is 9.47. The van der Waals surface area contributed by atoms with Crippen molar-refractivity contribution in [3.63, 3.8) is 0 Å². The molecule has 0 saturated heterocycles. The number of rotatable bonds is 5. The van der Waals surface area contributed by atoms with Crippen LogP contribution in [-0.4, -0.2) is 31.3 Å². The Morgan fingerprint density at radius 1 is 1.19 bits per heavy atom. The van der Waals surface area contributed by atoms with E-state index >= 15 is 0 Å². The monoisotopic (exact) mass is 232 g/mol. The van der Waals surface area contributed by atoms with Crippen molar-refractivity contribution in [2.45, 2.75) is 48.1 Å². The molecule has 0 aliphatic carbocycles. The normalized spacial score (nSPS) is 10.7. The molecule has 0 rings (SSSR count). The Bertz CT molecular complexity index is 191. The molecule has 0 heterocycles. The second kappa shape index (κ2) is 12.2. The van der Waals surface area contributed by atoms with Gasteiger partial charge in [0.05, 0.1) is 12.6 Å². The van der Waals surface area contributed by atoms with Gasteiger partial charge in [-0.05, 0) is 19.9 Å². The van der Waals surface area contributed by atoms with E-state index in [9.17, 15) is 9.59 Å². The molecule has 16 heavy (non-hydrogen) atoms. The highest BCUT2D eigenvalue weighted by atomic mass is 16.2. The van der Waals surface area contributed by atoms with Crippen molar-refractivity contribution in [2.75, 3.05) is 13.6 Å². The molecular formula is C12H28N2O2. The molecule has 0 fully saturated rings. The summed E-state index contributed by atoms with van der Waals surface area (Å²) in [6, 6.07) is -0.223. The summed E-state index contributed by atoms with van der Waals surface area (Å²) < 4.78 is 0. The lowest BCUT2D eigenvalue weighted by atomic mass is 10.0. The third kappa shape index (κ3) is 9.65. The fraction of sp³-hybridized carbons (Fsp3) is 0.833. The Balaban J connectivity index is -0.000000529. The molecule has 1 unspecified atom stereocenters. The van der Waals surface area contributed by atoms with Gasteiger partial charge in [0.15, 0.2) is 0 Å². The maximum Gasteiger partial charge on any atom is 0.237 e. The van der Waals surface area contributed by atoms with Gasteiger partial charge in [0.25, 0.3) is 0 Å². The first-order valence-electron chi connectivity index (χ1n) is 5.43. The van der Waals surface area contributed by atoms with Crippen molar-refractivity contribution in [3.05, 3.63) is 0 Å². The Labute approximate surface area is 100 Å². The van der Waals surface area contributed by atoms with Crippen LogP contribution in [0, 0.1) is 5.92 Å². The van der Waals surface area contributed by atoms with Crippen LogP contribution in [0.4, 0.5) is 0 Å². The minimum Gasteiger partial charge on any atom is -0.348 e. The first-order valence-corrected chi connectivity index (χ1v) is 5.43. The van der Waals surface area contributed by atoms with E-state index in [1.807, 2.05) is 27.7 Å². The summed E-state index contributed by atoms with van der Waals surface area (Å²) in [6.07, 6.45) is 0. The smallest absolute Gasteiger partial charge is 0.237 e. The van der Waals surface area contributed by atoms with Crippen molar-refractivity contribution in [1.82, 2.24) is 10.6 Å². The largest absolute Gasteiger partial charge is 0.348 e. The van der Waals surface area contributed by atoms with Crippen LogP contribution in [0.15, 0.2) is 0 Å². The maximum atomic E-state index is 11.4. The summed E-state index contributed by atoms with van der Waals surface area (Å²) in [4.78, 5) is 22.0. The van der Waals surface area contributed by atoms with Gasteiger partial charge in [-0.25, -0.2) is 0 Å². The van der Waals surface area contributed by atoms with Gasteiger partial charge in [-0.3, -0.25) is 9.59 Å². The Kier molecular flexibility index (Phi) is 15.6. The van der Waals surface area contributed by atoms with Gasteiger partial charge in [-0.2, -0.15) is 0 Å². The van der Waals surface area contributed by atoms with Crippen LogP contribution < -0.4 is 10.6 Å². The molecule has 1 amide bonds. The molecule has 0 spiro atoms. The van der Waals surface area contributed by atoms with Crippen molar-refractivity contribution in [3.8, 4) is 0 Å². The SMILES string of the molecule is C.CC.CNC(C(=O)NCC(C)=O)C(C)C. The number of hydrogen-bond donors (Lipinski definition) is 2. The van der Waals surface area contributed by atoms with E-state index in [0.717, 1.165) is 0 Å². The minimum atomic E-state index is -0.223. The predicted octanol–water partition coefficient (Wildman–Crippen LogP) is 1.60. The highest BCUT2D eigenvalue weighted by molar-refractivity contribution is 5.87. The van der Waals surface area contributed by atoms with E-state index in [2.05, 4.69) is 10.6 Å². The molecule has 98 valence electrons. The lowest BCUT2D eigenvalue weighted by molar-refractivity contribution is -0.126. The topological polar surface area (TPSA) is 58.2 Å². The first kappa shape index (κ1) is 20.5. The van der Waals surface area contributed by atoms with Gasteiger partial charge >= 0.3 is 0 Å². The molecule has 0 aromatic rings. The third-order valence-electron chi connectivity index (χ3n) is 1.77. The Morgan fingerprint density at radius 2 is 1.62 bits per heavy atom. The molecule has 0 bridgehead atoms. The van der Waals surface area contributed by atoms with Gasteiger partial charge in [-0.15, -0.1) is 0 Å². The van der Waals surface area contributed by atoms with Crippen LogP contribution in [0.3, 0.4) is 0 Å². The molecule has 0 aliphatic rings. The van der Waals surface area contributed by atoms with Crippen molar-refractivity contribution in [2.24, 2.45) is 5.92 Å². The molecule has 0 saturated carbocycles. The van der Waals surface area contributed by atoms with Crippen LogP contribution in [0.5, 0.6) is 0 Å². The number of likely N-dealkylation sites (N-methyl/N-ethyl adjacent to an activating group) is 1. The van der Waals surface area contributed by atoms with Crippen LogP contribution in [0.25, 0.3) is 0 Å². The summed E-state index contributed by atoms with van der Waals surface area (Å²) in [5.41, 5.74) is 0. The van der Waals surface area contributed by atoms with Crippen LogP contribution in [-0.2, 0) is 9.59 Å². The zero-order valence-corrected chi connectivity index (χ0v) is 10.7. The van der Waals surface area contributed by atoms with E-state index in [1.54, 1.807) is 7.05 Å². The second-order valence-electron chi connectivity index (χ2n) is 3.43. The number of ketones is 1. The number of hydrogen-bond acceptors (Lipinski definition) is 3. The summed E-state index contributed by atoms with van der Waals surface area (Å²) in [5.74, 6) is 0.0663. The Morgan fingerprint density at radius 3 is 1.88 bits per heavy atom. The number of Topliss-reactive ketones (excluding diaryl/α,β-unsaturated/α-hetero) is 1. The molecule has 4 heteroatoms. The quantitative estimate of drug-likeness (QED) is 0.757.